The predicted molar refractivity (Wildman–Crippen MR) is 84.7 cm³/mol. The number of halogens is 1. The maximum absolute atomic E-state index is 10.7. The Morgan fingerprint density at radius 2 is 1.90 bits per heavy atom. The summed E-state index contributed by atoms with van der Waals surface area (Å²) >= 11 is 3.32. The highest BCUT2D eigenvalue weighted by Gasteiger charge is 2.08. The summed E-state index contributed by atoms with van der Waals surface area (Å²) in [4.78, 5) is 10.5. The molecule has 0 bridgehead atoms. The predicted octanol–water partition coefficient (Wildman–Crippen LogP) is 3.79. The molecule has 0 aromatic heterocycles. The van der Waals surface area contributed by atoms with Gasteiger partial charge in [0.2, 0.25) is 0 Å². The molecule has 0 spiro atoms. The molecule has 0 aliphatic heterocycles. The highest BCUT2D eigenvalue weighted by molar-refractivity contribution is 9.09. The van der Waals surface area contributed by atoms with Gasteiger partial charge in [0.1, 0.15) is 12.0 Å². The third-order valence-electron chi connectivity index (χ3n) is 3.17. The number of rotatable bonds is 6. The molecule has 0 aliphatic carbocycles. The van der Waals surface area contributed by atoms with Crippen LogP contribution >= 0.6 is 15.9 Å². The van der Waals surface area contributed by atoms with Crippen LogP contribution in [0.15, 0.2) is 48.5 Å². The summed E-state index contributed by atoms with van der Waals surface area (Å²) in [7, 11) is 1.68. The van der Waals surface area contributed by atoms with Gasteiger partial charge in [-0.3, -0.25) is 0 Å². The van der Waals surface area contributed by atoms with Crippen LogP contribution in [-0.2, 0) is 17.6 Å². The van der Waals surface area contributed by atoms with Crippen molar-refractivity contribution >= 4 is 22.2 Å². The summed E-state index contributed by atoms with van der Waals surface area (Å²) in [6.07, 6.45) is 2.42. The number of benzene rings is 2. The van der Waals surface area contributed by atoms with Gasteiger partial charge in [-0.2, -0.15) is 0 Å². The smallest absolute Gasteiger partial charge is 0.133 e. The zero-order valence-electron chi connectivity index (χ0n) is 11.4. The number of hydrogen-bond acceptors (Lipinski definition) is 2. The number of aldehydes is 1. The van der Waals surface area contributed by atoms with E-state index in [2.05, 4.69) is 40.2 Å². The second kappa shape index (κ2) is 7.25. The Hall–Kier alpha value is -1.61. The highest BCUT2D eigenvalue weighted by Crippen LogP contribution is 2.24. The van der Waals surface area contributed by atoms with Gasteiger partial charge in [-0.15, -0.1) is 0 Å². The highest BCUT2D eigenvalue weighted by atomic mass is 79.9. The maximum Gasteiger partial charge on any atom is 0.133 e. The Labute approximate surface area is 127 Å². The average Bonchev–Trinajstić information content (AvgIpc) is 2.49. The van der Waals surface area contributed by atoms with Crippen LogP contribution in [0, 0.1) is 0 Å². The molecule has 1 unspecified atom stereocenters. The van der Waals surface area contributed by atoms with Gasteiger partial charge >= 0.3 is 0 Å². The van der Waals surface area contributed by atoms with Crippen molar-refractivity contribution in [2.45, 2.75) is 17.7 Å². The van der Waals surface area contributed by atoms with E-state index in [4.69, 9.17) is 4.74 Å². The number of alkyl halides is 1. The van der Waals surface area contributed by atoms with Crippen molar-refractivity contribution in [2.24, 2.45) is 0 Å². The molecular formula is C17H17BrO2. The first kappa shape index (κ1) is 14.8. The average molecular weight is 333 g/mol. The third kappa shape index (κ3) is 3.94. The van der Waals surface area contributed by atoms with Crippen molar-refractivity contribution in [1.29, 1.82) is 0 Å². The molecule has 2 nitrogen and oxygen atoms in total. The molecule has 104 valence electrons. The van der Waals surface area contributed by atoms with E-state index in [-0.39, 0.29) is 4.83 Å². The molecule has 0 radical (unpaired) electrons. The Balaban J connectivity index is 2.19. The van der Waals surface area contributed by atoms with Crippen LogP contribution in [0.3, 0.4) is 0 Å². The minimum Gasteiger partial charge on any atom is -0.496 e. The number of carbonyl (C=O) groups excluding carboxylic acids is 1. The molecule has 0 N–H and O–H groups in total. The molecule has 0 fully saturated rings. The van der Waals surface area contributed by atoms with Crippen molar-refractivity contribution in [2.75, 3.05) is 7.11 Å². The minimum atomic E-state index is -0.146. The molecule has 1 atom stereocenters. The normalized spacial score (nSPS) is 11.9. The van der Waals surface area contributed by atoms with Crippen molar-refractivity contribution in [3.63, 3.8) is 0 Å². The molecule has 2 aromatic carbocycles. The number of methoxy groups -OCH3 is 1. The Morgan fingerprint density at radius 3 is 2.55 bits per heavy atom. The summed E-state index contributed by atoms with van der Waals surface area (Å²) in [5.41, 5.74) is 3.50. The molecular weight excluding hydrogens is 316 g/mol. The lowest BCUT2D eigenvalue weighted by molar-refractivity contribution is -0.107. The van der Waals surface area contributed by atoms with Crippen LogP contribution in [-0.4, -0.2) is 18.2 Å². The summed E-state index contributed by atoms with van der Waals surface area (Å²) in [6, 6.07) is 16.4. The van der Waals surface area contributed by atoms with E-state index < -0.39 is 0 Å². The van der Waals surface area contributed by atoms with Crippen molar-refractivity contribution < 1.29 is 9.53 Å². The van der Waals surface area contributed by atoms with Gasteiger partial charge in [0.15, 0.2) is 0 Å². The first-order valence-electron chi connectivity index (χ1n) is 6.52. The first-order chi connectivity index (χ1) is 9.72. The Bertz CT molecular complexity index is 566. The topological polar surface area (TPSA) is 26.3 Å². The summed E-state index contributed by atoms with van der Waals surface area (Å²) in [5.74, 6) is 0.872. The van der Waals surface area contributed by atoms with Crippen LogP contribution in [0.1, 0.15) is 16.7 Å². The quantitative estimate of drug-likeness (QED) is 0.594. The molecule has 0 amide bonds. The van der Waals surface area contributed by atoms with E-state index >= 15 is 0 Å². The number of carbonyl (C=O) groups is 1. The fraction of sp³-hybridized carbons (Fsp3) is 0.235. The van der Waals surface area contributed by atoms with E-state index in [1.165, 1.54) is 5.56 Å². The van der Waals surface area contributed by atoms with Gasteiger partial charge in [0.05, 0.1) is 11.9 Å². The van der Waals surface area contributed by atoms with Gasteiger partial charge in [0.25, 0.3) is 0 Å². The number of ether oxygens (including phenoxy) is 1. The SMILES string of the molecule is COc1cc(CC(Br)C=O)ccc1Cc1ccccc1. The molecule has 2 aromatic rings. The monoisotopic (exact) mass is 332 g/mol. The molecule has 0 heterocycles. The lowest BCUT2D eigenvalue weighted by Crippen LogP contribution is -2.04. The standard InChI is InChI=1S/C17H17BrO2/c1-20-17-11-14(10-16(18)12-19)7-8-15(17)9-13-5-3-2-4-6-13/h2-8,11-12,16H,9-10H2,1H3. The lowest BCUT2D eigenvalue weighted by atomic mass is 10.0. The third-order valence-corrected chi connectivity index (χ3v) is 3.71. The van der Waals surface area contributed by atoms with Gasteiger partial charge in [-0.05, 0) is 29.2 Å². The van der Waals surface area contributed by atoms with Gasteiger partial charge in [-0.25, -0.2) is 0 Å². The summed E-state index contributed by atoms with van der Waals surface area (Å²) in [6.45, 7) is 0. The first-order valence-corrected chi connectivity index (χ1v) is 7.43. The number of hydrogen-bond donors (Lipinski definition) is 0. The lowest BCUT2D eigenvalue weighted by Gasteiger charge is -2.11. The fourth-order valence-electron chi connectivity index (χ4n) is 2.15. The second-order valence-corrected chi connectivity index (χ2v) is 5.84. The molecule has 2 rings (SSSR count). The van der Waals surface area contributed by atoms with E-state index in [9.17, 15) is 4.79 Å². The van der Waals surface area contributed by atoms with Gasteiger partial charge < -0.3 is 9.53 Å². The van der Waals surface area contributed by atoms with Crippen molar-refractivity contribution in [3.05, 3.63) is 65.2 Å². The molecule has 3 heteroatoms. The minimum absolute atomic E-state index is 0.146. The Morgan fingerprint density at radius 1 is 1.15 bits per heavy atom. The molecule has 0 saturated heterocycles. The Kier molecular flexibility index (Phi) is 5.36. The van der Waals surface area contributed by atoms with E-state index in [0.717, 1.165) is 29.6 Å². The molecule has 20 heavy (non-hydrogen) atoms. The van der Waals surface area contributed by atoms with Crippen LogP contribution in [0.5, 0.6) is 5.75 Å². The van der Waals surface area contributed by atoms with Crippen molar-refractivity contribution in [1.82, 2.24) is 0 Å². The molecule has 0 saturated carbocycles. The van der Waals surface area contributed by atoms with E-state index in [1.807, 2.05) is 24.3 Å². The van der Waals surface area contributed by atoms with Crippen molar-refractivity contribution in [3.8, 4) is 5.75 Å². The van der Waals surface area contributed by atoms with E-state index in [1.54, 1.807) is 7.11 Å². The van der Waals surface area contributed by atoms with E-state index in [0.29, 0.717) is 6.42 Å². The van der Waals surface area contributed by atoms with Crippen LogP contribution < -0.4 is 4.74 Å². The summed E-state index contributed by atoms with van der Waals surface area (Å²) in [5, 5.41) is 0. The zero-order valence-corrected chi connectivity index (χ0v) is 13.0. The largest absolute Gasteiger partial charge is 0.496 e. The zero-order chi connectivity index (χ0) is 14.4. The summed E-state index contributed by atoms with van der Waals surface area (Å²) < 4.78 is 5.47. The van der Waals surface area contributed by atoms with Crippen LogP contribution in [0.25, 0.3) is 0 Å². The second-order valence-electron chi connectivity index (χ2n) is 4.66. The van der Waals surface area contributed by atoms with Gasteiger partial charge in [0, 0.05) is 6.42 Å². The fourth-order valence-corrected chi connectivity index (χ4v) is 2.52. The van der Waals surface area contributed by atoms with Crippen LogP contribution in [0.4, 0.5) is 0 Å². The maximum atomic E-state index is 10.7. The van der Waals surface area contributed by atoms with Gasteiger partial charge in [-0.1, -0.05) is 58.4 Å². The molecule has 0 aliphatic rings. The van der Waals surface area contributed by atoms with Crippen LogP contribution in [0.2, 0.25) is 0 Å².